The highest BCUT2D eigenvalue weighted by Crippen LogP contribution is 2.16. The Balaban J connectivity index is 1.55. The maximum absolute atomic E-state index is 12.3. The number of nitrogens with zero attached hydrogens (tertiary/aromatic N) is 5. The molecule has 0 radical (unpaired) electrons. The summed E-state index contributed by atoms with van der Waals surface area (Å²) in [6.07, 6.45) is 8.61. The molecule has 0 aromatic carbocycles. The van der Waals surface area contributed by atoms with Gasteiger partial charge in [0.05, 0.1) is 6.33 Å². The fourth-order valence-electron chi connectivity index (χ4n) is 2.70. The van der Waals surface area contributed by atoms with Gasteiger partial charge >= 0.3 is 0 Å². The molecule has 3 heterocycles. The Hall–Kier alpha value is -2.44. The number of aromatic nitrogens is 4. The van der Waals surface area contributed by atoms with Crippen LogP contribution in [0.15, 0.2) is 24.8 Å². The first-order valence-electron chi connectivity index (χ1n) is 8.07. The molecular weight excluding hydrogens is 292 g/mol. The maximum Gasteiger partial charge on any atom is 0.270 e. The molecular formula is C16H22N6O. The fourth-order valence-corrected chi connectivity index (χ4v) is 2.70. The summed E-state index contributed by atoms with van der Waals surface area (Å²) in [6, 6.07) is 1.74. The van der Waals surface area contributed by atoms with Crippen molar-refractivity contribution < 1.29 is 4.79 Å². The van der Waals surface area contributed by atoms with Gasteiger partial charge < -0.3 is 14.8 Å². The predicted molar refractivity (Wildman–Crippen MR) is 87.4 cm³/mol. The van der Waals surface area contributed by atoms with Crippen LogP contribution in [0.5, 0.6) is 0 Å². The van der Waals surface area contributed by atoms with E-state index in [1.165, 1.54) is 0 Å². The number of aryl methyl sites for hydroxylation is 2. The van der Waals surface area contributed by atoms with Crippen LogP contribution in [-0.4, -0.2) is 45.1 Å². The number of carbonyl (C=O) groups excluding carboxylic acids is 1. The van der Waals surface area contributed by atoms with E-state index in [0.717, 1.165) is 44.6 Å². The topological polar surface area (TPSA) is 75.9 Å². The summed E-state index contributed by atoms with van der Waals surface area (Å²) in [4.78, 5) is 27.3. The average molecular weight is 314 g/mol. The lowest BCUT2D eigenvalue weighted by Crippen LogP contribution is -2.28. The molecule has 23 heavy (non-hydrogen) atoms. The van der Waals surface area contributed by atoms with Crippen LogP contribution >= 0.6 is 0 Å². The molecule has 0 unspecified atom stereocenters. The molecule has 7 nitrogen and oxygen atoms in total. The first-order valence-corrected chi connectivity index (χ1v) is 8.07. The summed E-state index contributed by atoms with van der Waals surface area (Å²) < 4.78 is 1.99. The minimum absolute atomic E-state index is 0.137. The van der Waals surface area contributed by atoms with Gasteiger partial charge in [0.1, 0.15) is 5.69 Å². The van der Waals surface area contributed by atoms with Gasteiger partial charge in [-0.25, -0.2) is 15.0 Å². The third-order valence-corrected chi connectivity index (χ3v) is 3.90. The zero-order chi connectivity index (χ0) is 16.1. The second-order valence-corrected chi connectivity index (χ2v) is 5.80. The average Bonchev–Trinajstić information content (AvgIpc) is 3.24. The van der Waals surface area contributed by atoms with Crippen LogP contribution < -0.4 is 10.2 Å². The zero-order valence-electron chi connectivity index (χ0n) is 13.4. The smallest absolute Gasteiger partial charge is 0.270 e. The fraction of sp³-hybridized carbons (Fsp3) is 0.500. The molecule has 0 aliphatic carbocycles. The summed E-state index contributed by atoms with van der Waals surface area (Å²) in [5.41, 5.74) is 1.27. The van der Waals surface area contributed by atoms with Crippen LogP contribution in [0.1, 0.15) is 35.4 Å². The van der Waals surface area contributed by atoms with Crippen LogP contribution in [-0.2, 0) is 6.54 Å². The standard InChI is InChI=1S/C16H22N6O/c1-13-11-14(20-16(19-13)22-8-2-3-9-22)15(23)18-5-4-7-21-10-6-17-12-21/h6,10-12H,2-5,7-9H2,1H3,(H,18,23). The van der Waals surface area contributed by atoms with Crippen LogP contribution in [0.3, 0.4) is 0 Å². The summed E-state index contributed by atoms with van der Waals surface area (Å²) in [6.45, 7) is 5.28. The Morgan fingerprint density at radius 3 is 2.87 bits per heavy atom. The lowest BCUT2D eigenvalue weighted by atomic mass is 10.3. The largest absolute Gasteiger partial charge is 0.351 e. The van der Waals surface area contributed by atoms with Crippen molar-refractivity contribution in [3.8, 4) is 0 Å². The van der Waals surface area contributed by atoms with Gasteiger partial charge in [-0.2, -0.15) is 0 Å². The monoisotopic (exact) mass is 314 g/mol. The second kappa shape index (κ2) is 7.21. The summed E-state index contributed by atoms with van der Waals surface area (Å²) in [5, 5.41) is 2.92. The number of rotatable bonds is 6. The van der Waals surface area contributed by atoms with Gasteiger partial charge in [-0.05, 0) is 32.3 Å². The van der Waals surface area contributed by atoms with Crippen molar-refractivity contribution in [3.63, 3.8) is 0 Å². The molecule has 0 bridgehead atoms. The highest BCUT2D eigenvalue weighted by molar-refractivity contribution is 5.92. The molecule has 122 valence electrons. The van der Waals surface area contributed by atoms with Crippen molar-refractivity contribution in [2.45, 2.75) is 32.7 Å². The Labute approximate surface area is 135 Å². The quantitative estimate of drug-likeness (QED) is 0.816. The molecule has 0 spiro atoms. The van der Waals surface area contributed by atoms with Gasteiger partial charge in [-0.15, -0.1) is 0 Å². The number of hydrogen-bond donors (Lipinski definition) is 1. The lowest BCUT2D eigenvalue weighted by Gasteiger charge is -2.16. The molecule has 0 atom stereocenters. The van der Waals surface area contributed by atoms with Gasteiger partial charge in [-0.3, -0.25) is 4.79 Å². The summed E-state index contributed by atoms with van der Waals surface area (Å²) >= 11 is 0. The van der Waals surface area contributed by atoms with E-state index in [2.05, 4.69) is 25.2 Å². The first kappa shape index (κ1) is 15.5. The summed E-state index contributed by atoms with van der Waals surface area (Å²) in [7, 11) is 0. The molecule has 1 fully saturated rings. The Morgan fingerprint density at radius 1 is 1.30 bits per heavy atom. The number of hydrogen-bond acceptors (Lipinski definition) is 5. The summed E-state index contributed by atoms with van der Waals surface area (Å²) in [5.74, 6) is 0.535. The maximum atomic E-state index is 12.3. The number of nitrogens with one attached hydrogen (secondary N) is 1. The van der Waals surface area contributed by atoms with E-state index < -0.39 is 0 Å². The number of imidazole rings is 1. The van der Waals surface area contributed by atoms with Gasteiger partial charge in [0.2, 0.25) is 5.95 Å². The molecule has 2 aromatic heterocycles. The van der Waals surface area contributed by atoms with Crippen molar-refractivity contribution in [2.75, 3.05) is 24.5 Å². The van der Waals surface area contributed by atoms with Crippen LogP contribution in [0.2, 0.25) is 0 Å². The van der Waals surface area contributed by atoms with Crippen molar-refractivity contribution in [1.82, 2.24) is 24.8 Å². The van der Waals surface area contributed by atoms with E-state index in [4.69, 9.17) is 0 Å². The van der Waals surface area contributed by atoms with E-state index in [9.17, 15) is 4.79 Å². The lowest BCUT2D eigenvalue weighted by molar-refractivity contribution is 0.0947. The van der Waals surface area contributed by atoms with Gasteiger partial charge in [0.25, 0.3) is 5.91 Å². The zero-order valence-corrected chi connectivity index (χ0v) is 13.4. The predicted octanol–water partition coefficient (Wildman–Crippen LogP) is 1.40. The minimum atomic E-state index is -0.137. The molecule has 0 saturated carbocycles. The van der Waals surface area contributed by atoms with E-state index in [1.807, 2.05) is 17.7 Å². The molecule has 3 rings (SSSR count). The second-order valence-electron chi connectivity index (χ2n) is 5.80. The Bertz CT molecular complexity index is 649. The Kier molecular flexibility index (Phi) is 4.85. The number of anilines is 1. The third kappa shape index (κ3) is 4.06. The van der Waals surface area contributed by atoms with Crippen molar-refractivity contribution in [1.29, 1.82) is 0 Å². The Morgan fingerprint density at radius 2 is 2.13 bits per heavy atom. The van der Waals surface area contributed by atoms with Crippen LogP contribution in [0.4, 0.5) is 5.95 Å². The van der Waals surface area contributed by atoms with Gasteiger partial charge in [0.15, 0.2) is 0 Å². The van der Waals surface area contributed by atoms with Crippen molar-refractivity contribution in [3.05, 3.63) is 36.2 Å². The molecule has 1 amide bonds. The van der Waals surface area contributed by atoms with Crippen LogP contribution in [0, 0.1) is 6.92 Å². The van der Waals surface area contributed by atoms with Crippen LogP contribution in [0.25, 0.3) is 0 Å². The normalized spacial score (nSPS) is 14.2. The molecule has 1 aliphatic heterocycles. The van der Waals surface area contributed by atoms with E-state index in [1.54, 1.807) is 18.6 Å². The molecule has 1 aliphatic rings. The van der Waals surface area contributed by atoms with Crippen molar-refractivity contribution >= 4 is 11.9 Å². The van der Waals surface area contributed by atoms with Gasteiger partial charge in [0, 0.05) is 44.3 Å². The van der Waals surface area contributed by atoms with E-state index in [0.29, 0.717) is 18.2 Å². The number of carbonyl (C=O) groups is 1. The van der Waals surface area contributed by atoms with E-state index in [-0.39, 0.29) is 5.91 Å². The van der Waals surface area contributed by atoms with Gasteiger partial charge in [-0.1, -0.05) is 0 Å². The van der Waals surface area contributed by atoms with E-state index >= 15 is 0 Å². The minimum Gasteiger partial charge on any atom is -0.351 e. The highest BCUT2D eigenvalue weighted by atomic mass is 16.1. The SMILES string of the molecule is Cc1cc(C(=O)NCCCn2ccnc2)nc(N2CCCC2)n1. The molecule has 1 saturated heterocycles. The molecule has 2 aromatic rings. The first-order chi connectivity index (χ1) is 11.2. The highest BCUT2D eigenvalue weighted by Gasteiger charge is 2.17. The molecule has 1 N–H and O–H groups in total. The van der Waals surface area contributed by atoms with Crippen molar-refractivity contribution in [2.24, 2.45) is 0 Å². The molecule has 7 heteroatoms. The number of amides is 1. The third-order valence-electron chi connectivity index (χ3n) is 3.90.